The van der Waals surface area contributed by atoms with Crippen molar-refractivity contribution in [1.29, 1.82) is 0 Å². The monoisotopic (exact) mass is 506 g/mol. The standard InChI is InChI=1S/C19H34N6O8S/c1-8(2)4-10(16(29)24-11(19(32)33)5-13(21)27)23-18(31)15(9(3)26)25-17(30)12(7-34)22-14(28)6-20/h8-12,15,26,34H,4-7,20H2,1-3H3,(H2,21,27)(H,22,28)(H,23,31)(H,24,29)(H,25,30)(H,32,33)/t9-,10+,11+,12+,15+/m1/s1. The van der Waals surface area contributed by atoms with E-state index < -0.39 is 72.2 Å². The minimum absolute atomic E-state index is 0.0762. The normalized spacial score (nSPS) is 15.3. The second-order valence-electron chi connectivity index (χ2n) is 7.99. The second-order valence-corrected chi connectivity index (χ2v) is 8.36. The average molecular weight is 507 g/mol. The Morgan fingerprint density at radius 1 is 0.853 bits per heavy atom. The van der Waals surface area contributed by atoms with E-state index in [1.807, 2.05) is 0 Å². The van der Waals surface area contributed by atoms with Crippen molar-refractivity contribution in [2.45, 2.75) is 63.9 Å². The van der Waals surface area contributed by atoms with Crippen LogP contribution in [0.25, 0.3) is 0 Å². The van der Waals surface area contributed by atoms with Gasteiger partial charge in [0.05, 0.1) is 19.1 Å². The number of hydrogen-bond donors (Lipinski definition) is 9. The SMILES string of the molecule is CC(C)C[C@H](NC(=O)[C@@H](NC(=O)[C@H](CS)NC(=O)CN)[C@@H](C)O)C(=O)N[C@@H](CC(N)=O)C(=O)O. The summed E-state index contributed by atoms with van der Waals surface area (Å²) in [6.07, 6.45) is -1.98. The van der Waals surface area contributed by atoms with E-state index in [1.54, 1.807) is 13.8 Å². The van der Waals surface area contributed by atoms with Crippen LogP contribution in [0.2, 0.25) is 0 Å². The van der Waals surface area contributed by atoms with Crippen LogP contribution in [0.3, 0.4) is 0 Å². The Hall–Kier alpha value is -2.91. The largest absolute Gasteiger partial charge is 0.480 e. The van der Waals surface area contributed by atoms with Crippen LogP contribution in [0.4, 0.5) is 0 Å². The first kappa shape index (κ1) is 31.1. The van der Waals surface area contributed by atoms with Gasteiger partial charge in [-0.25, -0.2) is 4.79 Å². The van der Waals surface area contributed by atoms with Crippen LogP contribution in [-0.2, 0) is 28.8 Å². The number of carbonyl (C=O) groups excluding carboxylic acids is 5. The summed E-state index contributed by atoms with van der Waals surface area (Å²) in [6.45, 7) is 4.34. The molecule has 0 aliphatic carbocycles. The molecule has 0 aromatic heterocycles. The van der Waals surface area contributed by atoms with Gasteiger partial charge in [-0.3, -0.25) is 24.0 Å². The molecule has 5 atom stereocenters. The zero-order valence-electron chi connectivity index (χ0n) is 19.2. The highest BCUT2D eigenvalue weighted by Gasteiger charge is 2.33. The summed E-state index contributed by atoms with van der Waals surface area (Å²) in [4.78, 5) is 71.8. The van der Waals surface area contributed by atoms with E-state index in [2.05, 4.69) is 33.9 Å². The molecule has 10 N–H and O–H groups in total. The summed E-state index contributed by atoms with van der Waals surface area (Å²) < 4.78 is 0. The number of amides is 5. The van der Waals surface area contributed by atoms with Crippen LogP contribution >= 0.6 is 12.6 Å². The predicted molar refractivity (Wildman–Crippen MR) is 123 cm³/mol. The number of nitrogens with two attached hydrogens (primary N) is 2. The van der Waals surface area contributed by atoms with Crippen molar-refractivity contribution < 1.29 is 39.0 Å². The van der Waals surface area contributed by atoms with Gasteiger partial charge in [0.2, 0.25) is 29.5 Å². The number of aliphatic hydroxyl groups is 1. The van der Waals surface area contributed by atoms with Crippen molar-refractivity contribution in [1.82, 2.24) is 21.3 Å². The molecule has 0 saturated carbocycles. The second kappa shape index (κ2) is 15.1. The van der Waals surface area contributed by atoms with Crippen LogP contribution in [-0.4, -0.2) is 88.3 Å². The fraction of sp³-hybridized carbons (Fsp3) is 0.684. The number of aliphatic carboxylic acids is 1. The van der Waals surface area contributed by atoms with Gasteiger partial charge < -0.3 is 42.9 Å². The Kier molecular flexibility index (Phi) is 13.8. The van der Waals surface area contributed by atoms with Gasteiger partial charge in [-0.1, -0.05) is 13.8 Å². The highest BCUT2D eigenvalue weighted by molar-refractivity contribution is 7.80. The molecular formula is C19H34N6O8S. The topological polar surface area (TPSA) is 243 Å². The summed E-state index contributed by atoms with van der Waals surface area (Å²) in [6, 6.07) is -5.52. The summed E-state index contributed by atoms with van der Waals surface area (Å²) in [5.41, 5.74) is 10.2. The van der Waals surface area contributed by atoms with Gasteiger partial charge in [0.1, 0.15) is 24.2 Å². The molecule has 0 heterocycles. The third kappa shape index (κ3) is 11.3. The first-order valence-electron chi connectivity index (χ1n) is 10.4. The lowest BCUT2D eigenvalue weighted by atomic mass is 10.0. The molecule has 0 saturated heterocycles. The fourth-order valence-electron chi connectivity index (χ4n) is 2.74. The lowest BCUT2D eigenvalue weighted by Gasteiger charge is -2.27. The third-order valence-corrected chi connectivity index (χ3v) is 4.81. The number of primary amides is 1. The molecule has 194 valence electrons. The quantitative estimate of drug-likeness (QED) is 0.0987. The predicted octanol–water partition coefficient (Wildman–Crippen LogP) is -3.80. The first-order chi connectivity index (χ1) is 15.7. The van der Waals surface area contributed by atoms with Gasteiger partial charge in [-0.2, -0.15) is 12.6 Å². The highest BCUT2D eigenvalue weighted by atomic mass is 32.1. The number of nitrogens with one attached hydrogen (secondary N) is 4. The molecule has 0 aromatic rings. The van der Waals surface area contributed by atoms with Gasteiger partial charge >= 0.3 is 5.97 Å². The molecule has 0 aliphatic heterocycles. The molecule has 0 bridgehead atoms. The molecule has 0 unspecified atom stereocenters. The Morgan fingerprint density at radius 3 is 1.79 bits per heavy atom. The number of carboxylic acids is 1. The molecular weight excluding hydrogens is 472 g/mol. The van der Waals surface area contributed by atoms with Crippen LogP contribution in [0.5, 0.6) is 0 Å². The maximum Gasteiger partial charge on any atom is 0.326 e. The summed E-state index contributed by atoms with van der Waals surface area (Å²) in [7, 11) is 0. The molecule has 0 aromatic carbocycles. The molecule has 0 spiro atoms. The van der Waals surface area contributed by atoms with Gasteiger partial charge in [0, 0.05) is 5.75 Å². The number of carboxylic acid groups (broad SMARTS) is 1. The van der Waals surface area contributed by atoms with Gasteiger partial charge in [0.25, 0.3) is 0 Å². The zero-order chi connectivity index (χ0) is 26.6. The number of carbonyl (C=O) groups is 6. The first-order valence-corrected chi connectivity index (χ1v) is 11.1. The lowest BCUT2D eigenvalue weighted by Crippen LogP contribution is -2.61. The number of rotatable bonds is 15. The molecule has 0 radical (unpaired) electrons. The Bertz CT molecular complexity index is 763. The van der Waals surface area contributed by atoms with E-state index in [-0.39, 0.29) is 24.6 Å². The Labute approximate surface area is 202 Å². The molecule has 15 heteroatoms. The maximum atomic E-state index is 12.8. The van der Waals surface area contributed by atoms with Crippen molar-refractivity contribution in [3.63, 3.8) is 0 Å². The smallest absolute Gasteiger partial charge is 0.326 e. The van der Waals surface area contributed by atoms with E-state index >= 15 is 0 Å². The molecule has 14 nitrogen and oxygen atoms in total. The number of aliphatic hydroxyl groups excluding tert-OH is 1. The summed E-state index contributed by atoms with van der Waals surface area (Å²) >= 11 is 3.97. The highest BCUT2D eigenvalue weighted by Crippen LogP contribution is 2.08. The van der Waals surface area contributed by atoms with E-state index in [0.29, 0.717) is 0 Å². The maximum absolute atomic E-state index is 12.8. The molecule has 5 amide bonds. The number of hydrogen-bond acceptors (Lipinski definition) is 9. The van der Waals surface area contributed by atoms with Crippen molar-refractivity contribution in [2.75, 3.05) is 12.3 Å². The Morgan fingerprint density at radius 2 is 1.38 bits per heavy atom. The fourth-order valence-corrected chi connectivity index (χ4v) is 3.00. The minimum Gasteiger partial charge on any atom is -0.480 e. The molecule has 0 rings (SSSR count). The van der Waals surface area contributed by atoms with E-state index in [9.17, 15) is 39.0 Å². The van der Waals surface area contributed by atoms with E-state index in [4.69, 9.17) is 11.5 Å². The van der Waals surface area contributed by atoms with E-state index in [1.165, 1.54) is 6.92 Å². The summed E-state index contributed by atoms with van der Waals surface area (Å²) in [5.74, 6) is -5.98. The van der Waals surface area contributed by atoms with Crippen molar-refractivity contribution >= 4 is 48.1 Å². The van der Waals surface area contributed by atoms with Crippen LogP contribution in [0.15, 0.2) is 0 Å². The van der Waals surface area contributed by atoms with Crippen LogP contribution in [0.1, 0.15) is 33.6 Å². The zero-order valence-corrected chi connectivity index (χ0v) is 20.1. The van der Waals surface area contributed by atoms with E-state index in [0.717, 1.165) is 0 Å². The molecule has 0 aliphatic rings. The Balaban J connectivity index is 5.55. The van der Waals surface area contributed by atoms with Crippen LogP contribution in [0, 0.1) is 5.92 Å². The van der Waals surface area contributed by atoms with Gasteiger partial charge in [0.15, 0.2) is 0 Å². The minimum atomic E-state index is -1.61. The van der Waals surface area contributed by atoms with Crippen molar-refractivity contribution in [3.05, 3.63) is 0 Å². The lowest BCUT2D eigenvalue weighted by molar-refractivity contribution is -0.144. The van der Waals surface area contributed by atoms with Gasteiger partial charge in [-0.15, -0.1) is 0 Å². The van der Waals surface area contributed by atoms with Crippen molar-refractivity contribution in [2.24, 2.45) is 17.4 Å². The third-order valence-electron chi connectivity index (χ3n) is 4.44. The summed E-state index contributed by atoms with van der Waals surface area (Å²) in [5, 5.41) is 28.4. The van der Waals surface area contributed by atoms with Gasteiger partial charge in [-0.05, 0) is 19.3 Å². The van der Waals surface area contributed by atoms with Crippen molar-refractivity contribution in [3.8, 4) is 0 Å². The van der Waals surface area contributed by atoms with Crippen LogP contribution < -0.4 is 32.7 Å². The molecule has 34 heavy (non-hydrogen) atoms. The number of thiol groups is 1. The molecule has 0 fully saturated rings. The average Bonchev–Trinajstić information content (AvgIpc) is 2.73.